The zero-order chi connectivity index (χ0) is 4.99. The Labute approximate surface area is 54.4 Å². The molecule has 0 aliphatic rings. The molecular formula is C2H3ClO2Sn. The topological polar surface area (TPSA) is 26.3 Å². The molecule has 0 bridgehead atoms. The summed E-state index contributed by atoms with van der Waals surface area (Å²) in [5.74, 6) is -0.361. The molecule has 4 heteroatoms. The fraction of sp³-hybridized carbons (Fsp3) is 0.500. The summed E-state index contributed by atoms with van der Waals surface area (Å²) in [5.41, 5.74) is 0. The SMILES string of the molecule is O=C(CCl)[O][SnH]. The van der Waals surface area contributed by atoms with E-state index in [9.17, 15) is 4.79 Å². The van der Waals surface area contributed by atoms with Gasteiger partial charge in [0.15, 0.2) is 0 Å². The van der Waals surface area contributed by atoms with Crippen LogP contribution in [0.3, 0.4) is 0 Å². The molecule has 0 aromatic carbocycles. The molecule has 0 spiro atoms. The number of carbonyl (C=O) groups is 1. The molecule has 6 heavy (non-hydrogen) atoms. The van der Waals surface area contributed by atoms with Gasteiger partial charge in [-0.1, -0.05) is 0 Å². The quantitative estimate of drug-likeness (QED) is 0.437. The Morgan fingerprint density at radius 1 is 2.00 bits per heavy atom. The van der Waals surface area contributed by atoms with Gasteiger partial charge in [0.2, 0.25) is 0 Å². The molecule has 0 saturated carbocycles. The molecule has 0 amide bonds. The molecule has 0 aliphatic heterocycles. The van der Waals surface area contributed by atoms with Gasteiger partial charge in [-0.2, -0.15) is 0 Å². The van der Waals surface area contributed by atoms with E-state index < -0.39 is 0 Å². The van der Waals surface area contributed by atoms with E-state index in [0.717, 1.165) is 0 Å². The van der Waals surface area contributed by atoms with Crippen molar-refractivity contribution in [3.8, 4) is 0 Å². The van der Waals surface area contributed by atoms with Crippen molar-refractivity contribution in [1.82, 2.24) is 0 Å². The molecular weight excluding hydrogens is 210 g/mol. The Morgan fingerprint density at radius 3 is 2.50 bits per heavy atom. The number of carbonyl (C=O) groups excluding carboxylic acids is 1. The standard InChI is InChI=1S/C2H3ClO2.Sn.H/c3-1-2(4)5;;/h1H2,(H,4,5);;/q;+1;/p-1. The van der Waals surface area contributed by atoms with Crippen molar-refractivity contribution in [2.24, 2.45) is 0 Å². The van der Waals surface area contributed by atoms with Crippen LogP contribution < -0.4 is 0 Å². The second kappa shape index (κ2) is 3.74. The van der Waals surface area contributed by atoms with Crippen LogP contribution in [-0.4, -0.2) is 34.8 Å². The Hall–Kier alpha value is 0.559. The first kappa shape index (κ1) is 6.56. The monoisotopic (exact) mass is 214 g/mol. The predicted octanol–water partition coefficient (Wildman–Crippen LogP) is -0.416. The third kappa shape index (κ3) is 2.78. The van der Waals surface area contributed by atoms with Crippen LogP contribution in [0.25, 0.3) is 0 Å². The fourth-order valence-electron chi connectivity index (χ4n) is 0.0315. The summed E-state index contributed by atoms with van der Waals surface area (Å²) in [5, 5.41) is 0. The van der Waals surface area contributed by atoms with Crippen molar-refractivity contribution < 1.29 is 7.87 Å². The fourth-order valence-corrected chi connectivity index (χ4v) is 0.634. The van der Waals surface area contributed by atoms with Crippen molar-refractivity contribution in [3.63, 3.8) is 0 Å². The number of alkyl halides is 1. The van der Waals surface area contributed by atoms with E-state index in [2.05, 4.69) is 3.07 Å². The van der Waals surface area contributed by atoms with Crippen LogP contribution in [0.5, 0.6) is 0 Å². The number of hydrogen-bond donors (Lipinski definition) is 0. The van der Waals surface area contributed by atoms with Gasteiger partial charge in [0.25, 0.3) is 0 Å². The molecule has 0 fully saturated rings. The summed E-state index contributed by atoms with van der Waals surface area (Å²) in [4.78, 5) is 9.86. The summed E-state index contributed by atoms with van der Waals surface area (Å²) < 4.78 is 4.26. The van der Waals surface area contributed by atoms with Crippen LogP contribution in [0.4, 0.5) is 0 Å². The molecule has 0 aromatic heterocycles. The summed E-state index contributed by atoms with van der Waals surface area (Å²) in [6.45, 7) is 0. The van der Waals surface area contributed by atoms with Crippen molar-refractivity contribution in [2.45, 2.75) is 0 Å². The molecule has 0 unspecified atom stereocenters. The van der Waals surface area contributed by atoms with Gasteiger partial charge < -0.3 is 0 Å². The minimum absolute atomic E-state index is 0.0265. The van der Waals surface area contributed by atoms with Crippen molar-refractivity contribution in [1.29, 1.82) is 0 Å². The Kier molecular flexibility index (Phi) is 4.09. The first-order valence-electron chi connectivity index (χ1n) is 1.26. The van der Waals surface area contributed by atoms with E-state index in [1.54, 1.807) is 0 Å². The molecule has 0 heterocycles. The van der Waals surface area contributed by atoms with Crippen LogP contribution in [0.2, 0.25) is 0 Å². The van der Waals surface area contributed by atoms with E-state index in [1.165, 1.54) is 0 Å². The maximum absolute atomic E-state index is 9.86. The molecule has 2 radical (unpaired) electrons. The van der Waals surface area contributed by atoms with Gasteiger partial charge in [-0.25, -0.2) is 0 Å². The minimum atomic E-state index is -0.334. The zero-order valence-electron chi connectivity index (χ0n) is 2.98. The average molecular weight is 213 g/mol. The average Bonchev–Trinajstić information content (AvgIpc) is 1.65. The molecule has 0 rings (SSSR count). The molecule has 0 saturated heterocycles. The van der Waals surface area contributed by atoms with Gasteiger partial charge in [-0.3, -0.25) is 0 Å². The molecule has 0 aliphatic carbocycles. The number of rotatable bonds is 1. The van der Waals surface area contributed by atoms with Gasteiger partial charge in [0, 0.05) is 0 Å². The number of hydrogen-bond acceptors (Lipinski definition) is 2. The van der Waals surface area contributed by atoms with E-state index in [1.807, 2.05) is 0 Å². The van der Waals surface area contributed by atoms with Crippen molar-refractivity contribution >= 4 is 40.5 Å². The van der Waals surface area contributed by atoms with Gasteiger partial charge in [-0.15, -0.1) is 0 Å². The summed E-state index contributed by atoms with van der Waals surface area (Å²) in [7, 11) is 0. The normalized spacial score (nSPS) is 7.67. The Balaban J connectivity index is 2.99. The van der Waals surface area contributed by atoms with Crippen LogP contribution in [0.1, 0.15) is 0 Å². The van der Waals surface area contributed by atoms with E-state index in [0.29, 0.717) is 22.9 Å². The zero-order valence-corrected chi connectivity index (χ0v) is 7.03. The first-order chi connectivity index (χ1) is 2.81. The molecule has 0 aromatic rings. The number of halogens is 1. The predicted molar refractivity (Wildman–Crippen MR) is 24.0 cm³/mol. The van der Waals surface area contributed by atoms with E-state index in [-0.39, 0.29) is 11.8 Å². The summed E-state index contributed by atoms with van der Waals surface area (Å²) in [6, 6.07) is 0. The second-order valence-electron chi connectivity index (χ2n) is 0.623. The first-order valence-corrected chi connectivity index (χ1v) is 3.14. The summed E-state index contributed by atoms with van der Waals surface area (Å²) in [6.07, 6.45) is 0. The van der Waals surface area contributed by atoms with Crippen LogP contribution in [-0.2, 0) is 7.87 Å². The Morgan fingerprint density at radius 2 is 2.50 bits per heavy atom. The van der Waals surface area contributed by atoms with Crippen LogP contribution >= 0.6 is 11.6 Å². The van der Waals surface area contributed by atoms with Crippen LogP contribution in [0, 0.1) is 0 Å². The van der Waals surface area contributed by atoms with E-state index in [4.69, 9.17) is 11.6 Å². The Bertz CT molecular complexity index is 49.5. The third-order valence-electron chi connectivity index (χ3n) is 0.241. The van der Waals surface area contributed by atoms with Gasteiger partial charge in [0.1, 0.15) is 0 Å². The molecule has 0 N–H and O–H groups in total. The summed E-state index contributed by atoms with van der Waals surface area (Å²) >= 11 is 5.50. The van der Waals surface area contributed by atoms with Crippen molar-refractivity contribution in [3.05, 3.63) is 0 Å². The maximum atomic E-state index is 9.86. The van der Waals surface area contributed by atoms with Crippen LogP contribution in [0.15, 0.2) is 0 Å². The third-order valence-corrected chi connectivity index (χ3v) is 1.21. The van der Waals surface area contributed by atoms with Gasteiger partial charge >= 0.3 is 54.3 Å². The molecule has 2 nitrogen and oxygen atoms in total. The molecule has 0 atom stereocenters. The van der Waals surface area contributed by atoms with Gasteiger partial charge in [0.05, 0.1) is 0 Å². The van der Waals surface area contributed by atoms with Gasteiger partial charge in [-0.05, 0) is 0 Å². The van der Waals surface area contributed by atoms with E-state index >= 15 is 0 Å². The molecule has 34 valence electrons. The second-order valence-corrected chi connectivity index (χ2v) is 1.56. The van der Waals surface area contributed by atoms with Crippen molar-refractivity contribution in [2.75, 3.05) is 5.88 Å².